The van der Waals surface area contributed by atoms with Crippen molar-refractivity contribution in [3.63, 3.8) is 0 Å². The van der Waals surface area contributed by atoms with Crippen molar-refractivity contribution in [3.8, 4) is 5.75 Å². The zero-order valence-corrected chi connectivity index (χ0v) is 13.8. The fourth-order valence-corrected chi connectivity index (χ4v) is 2.18. The molecule has 0 heterocycles. The molecule has 1 amide bonds. The van der Waals surface area contributed by atoms with Crippen LogP contribution in [0.4, 0.5) is 0 Å². The summed E-state index contributed by atoms with van der Waals surface area (Å²) in [6, 6.07) is 24.4. The first-order chi connectivity index (χ1) is 12.7. The molecule has 0 bridgehead atoms. The number of carbonyl (C=O) groups excluding carboxylic acids is 2. The smallest absolute Gasteiger partial charge is 0.343 e. The first-order valence-corrected chi connectivity index (χ1v) is 7.98. The number of benzene rings is 3. The Balaban J connectivity index is 1.56. The van der Waals surface area contributed by atoms with Crippen LogP contribution in [0.3, 0.4) is 0 Å². The van der Waals surface area contributed by atoms with Crippen molar-refractivity contribution in [3.05, 3.63) is 102 Å². The lowest BCUT2D eigenvalue weighted by molar-refractivity contribution is 0.0734. The van der Waals surface area contributed by atoms with E-state index in [1.54, 1.807) is 72.8 Å². The van der Waals surface area contributed by atoms with Crippen LogP contribution in [0.25, 0.3) is 0 Å². The quantitative estimate of drug-likeness (QED) is 0.332. The van der Waals surface area contributed by atoms with Crippen LogP contribution in [0.5, 0.6) is 5.75 Å². The summed E-state index contributed by atoms with van der Waals surface area (Å²) < 4.78 is 5.30. The van der Waals surface area contributed by atoms with E-state index >= 15 is 0 Å². The number of nitrogens with one attached hydrogen (secondary N) is 1. The van der Waals surface area contributed by atoms with Crippen molar-refractivity contribution < 1.29 is 14.3 Å². The Bertz CT molecular complexity index is 905. The van der Waals surface area contributed by atoms with Gasteiger partial charge < -0.3 is 4.74 Å². The SMILES string of the molecule is O=C(N/N=C/c1ccc(OC(=O)c2ccccc2)cc1)c1ccccc1. The molecule has 3 aromatic rings. The van der Waals surface area contributed by atoms with Crippen LogP contribution in [0.1, 0.15) is 26.3 Å². The maximum atomic E-state index is 12.0. The van der Waals surface area contributed by atoms with E-state index in [9.17, 15) is 9.59 Å². The third-order valence-electron chi connectivity index (χ3n) is 3.52. The summed E-state index contributed by atoms with van der Waals surface area (Å²) >= 11 is 0. The Morgan fingerprint density at radius 2 is 1.35 bits per heavy atom. The van der Waals surface area contributed by atoms with E-state index in [4.69, 9.17) is 4.74 Å². The van der Waals surface area contributed by atoms with Crippen molar-refractivity contribution in [1.82, 2.24) is 5.43 Å². The van der Waals surface area contributed by atoms with Gasteiger partial charge in [-0.1, -0.05) is 36.4 Å². The van der Waals surface area contributed by atoms with Crippen molar-refractivity contribution in [2.24, 2.45) is 5.10 Å². The van der Waals surface area contributed by atoms with Crippen molar-refractivity contribution in [1.29, 1.82) is 0 Å². The van der Waals surface area contributed by atoms with E-state index < -0.39 is 5.97 Å². The summed E-state index contributed by atoms with van der Waals surface area (Å²) in [5.74, 6) is -0.262. The highest BCUT2D eigenvalue weighted by Crippen LogP contribution is 2.13. The van der Waals surface area contributed by atoms with Gasteiger partial charge >= 0.3 is 5.97 Å². The molecule has 0 unspecified atom stereocenters. The number of hydrogen-bond donors (Lipinski definition) is 1. The predicted molar refractivity (Wildman–Crippen MR) is 99.3 cm³/mol. The molecule has 3 aromatic carbocycles. The standard InChI is InChI=1S/C21H16N2O3/c24-20(17-7-3-1-4-8-17)23-22-15-16-11-13-19(14-12-16)26-21(25)18-9-5-2-6-10-18/h1-15H,(H,23,24)/b22-15+. The molecule has 0 spiro atoms. The zero-order chi connectivity index (χ0) is 18.2. The molecule has 5 heteroatoms. The number of esters is 1. The minimum Gasteiger partial charge on any atom is -0.423 e. The van der Waals surface area contributed by atoms with Gasteiger partial charge in [-0.05, 0) is 54.1 Å². The third kappa shape index (κ3) is 4.64. The Morgan fingerprint density at radius 1 is 0.769 bits per heavy atom. The number of hydrazone groups is 1. The van der Waals surface area contributed by atoms with Crippen molar-refractivity contribution in [2.75, 3.05) is 0 Å². The molecular weight excluding hydrogens is 328 g/mol. The maximum Gasteiger partial charge on any atom is 0.343 e. The highest BCUT2D eigenvalue weighted by atomic mass is 16.5. The summed E-state index contributed by atoms with van der Waals surface area (Å²) in [7, 11) is 0. The van der Waals surface area contributed by atoms with Gasteiger partial charge in [0.25, 0.3) is 5.91 Å². The predicted octanol–water partition coefficient (Wildman–Crippen LogP) is 3.67. The molecule has 0 fully saturated rings. The summed E-state index contributed by atoms with van der Waals surface area (Å²) in [5, 5.41) is 3.92. The Morgan fingerprint density at radius 3 is 1.96 bits per heavy atom. The molecule has 0 radical (unpaired) electrons. The Kier molecular flexibility index (Phi) is 5.52. The van der Waals surface area contributed by atoms with Crippen LogP contribution in [0.2, 0.25) is 0 Å². The highest BCUT2D eigenvalue weighted by Gasteiger charge is 2.07. The highest BCUT2D eigenvalue weighted by molar-refractivity contribution is 5.95. The Hall–Kier alpha value is -3.73. The van der Waals surface area contributed by atoms with Crippen LogP contribution in [0, 0.1) is 0 Å². The minimum absolute atomic E-state index is 0.282. The molecular formula is C21H16N2O3. The van der Waals surface area contributed by atoms with Gasteiger partial charge in [-0.15, -0.1) is 0 Å². The summed E-state index contributed by atoms with van der Waals surface area (Å²) in [4.78, 5) is 23.8. The number of carbonyl (C=O) groups is 2. The maximum absolute atomic E-state index is 12.0. The largest absolute Gasteiger partial charge is 0.423 e. The molecule has 3 rings (SSSR count). The van der Waals surface area contributed by atoms with E-state index in [1.807, 2.05) is 12.1 Å². The molecule has 0 aliphatic heterocycles. The molecule has 0 aromatic heterocycles. The van der Waals surface area contributed by atoms with Gasteiger partial charge in [0.1, 0.15) is 5.75 Å². The summed E-state index contributed by atoms with van der Waals surface area (Å²) in [6.45, 7) is 0. The number of ether oxygens (including phenoxy) is 1. The second-order valence-corrected chi connectivity index (χ2v) is 5.39. The van der Waals surface area contributed by atoms with E-state index in [0.717, 1.165) is 5.56 Å². The van der Waals surface area contributed by atoms with E-state index in [2.05, 4.69) is 10.5 Å². The zero-order valence-electron chi connectivity index (χ0n) is 13.8. The van der Waals surface area contributed by atoms with E-state index in [1.165, 1.54) is 6.21 Å². The van der Waals surface area contributed by atoms with Gasteiger partial charge in [-0.2, -0.15) is 5.10 Å². The molecule has 1 N–H and O–H groups in total. The van der Waals surface area contributed by atoms with Crippen LogP contribution in [-0.2, 0) is 0 Å². The van der Waals surface area contributed by atoms with Gasteiger partial charge in [0.05, 0.1) is 11.8 Å². The number of amides is 1. The number of hydrogen-bond acceptors (Lipinski definition) is 4. The third-order valence-corrected chi connectivity index (χ3v) is 3.52. The first-order valence-electron chi connectivity index (χ1n) is 7.98. The van der Waals surface area contributed by atoms with Gasteiger partial charge in [-0.25, -0.2) is 10.2 Å². The molecule has 0 aliphatic rings. The van der Waals surface area contributed by atoms with Crippen LogP contribution >= 0.6 is 0 Å². The number of nitrogens with zero attached hydrogens (tertiary/aromatic N) is 1. The fraction of sp³-hybridized carbons (Fsp3) is 0. The lowest BCUT2D eigenvalue weighted by Crippen LogP contribution is -2.17. The molecule has 5 nitrogen and oxygen atoms in total. The van der Waals surface area contributed by atoms with Crippen LogP contribution < -0.4 is 10.2 Å². The molecule has 0 atom stereocenters. The normalized spacial score (nSPS) is 10.5. The summed E-state index contributed by atoms with van der Waals surface area (Å²) in [6.07, 6.45) is 1.52. The summed E-state index contributed by atoms with van der Waals surface area (Å²) in [5.41, 5.74) is 4.25. The topological polar surface area (TPSA) is 67.8 Å². The van der Waals surface area contributed by atoms with E-state index in [0.29, 0.717) is 16.9 Å². The molecule has 26 heavy (non-hydrogen) atoms. The van der Waals surface area contributed by atoms with E-state index in [-0.39, 0.29) is 5.91 Å². The molecule has 0 aliphatic carbocycles. The Labute approximate surface area is 150 Å². The molecule has 0 saturated heterocycles. The number of rotatable bonds is 5. The lowest BCUT2D eigenvalue weighted by atomic mass is 10.2. The van der Waals surface area contributed by atoms with Gasteiger partial charge in [0.15, 0.2) is 0 Å². The minimum atomic E-state index is -0.415. The van der Waals surface area contributed by atoms with Crippen molar-refractivity contribution >= 4 is 18.1 Å². The van der Waals surface area contributed by atoms with Crippen LogP contribution in [0.15, 0.2) is 90.0 Å². The first kappa shape index (κ1) is 17.1. The monoisotopic (exact) mass is 344 g/mol. The van der Waals surface area contributed by atoms with Crippen molar-refractivity contribution in [2.45, 2.75) is 0 Å². The lowest BCUT2D eigenvalue weighted by Gasteiger charge is -2.04. The fourth-order valence-electron chi connectivity index (χ4n) is 2.18. The van der Waals surface area contributed by atoms with Gasteiger partial charge in [-0.3, -0.25) is 4.79 Å². The average molecular weight is 344 g/mol. The molecule has 0 saturated carbocycles. The van der Waals surface area contributed by atoms with Crippen LogP contribution in [-0.4, -0.2) is 18.1 Å². The van der Waals surface area contributed by atoms with Gasteiger partial charge in [0, 0.05) is 5.56 Å². The molecule has 128 valence electrons. The van der Waals surface area contributed by atoms with Gasteiger partial charge in [0.2, 0.25) is 0 Å². The second-order valence-electron chi connectivity index (χ2n) is 5.39. The average Bonchev–Trinajstić information content (AvgIpc) is 2.70. The second kappa shape index (κ2) is 8.39.